The Kier molecular flexibility index (Phi) is 4.20. The van der Waals surface area contributed by atoms with Gasteiger partial charge in [-0.3, -0.25) is 4.98 Å². The van der Waals surface area contributed by atoms with Gasteiger partial charge >= 0.3 is 0 Å². The van der Waals surface area contributed by atoms with Crippen LogP contribution in [0.1, 0.15) is 65.2 Å². The van der Waals surface area contributed by atoms with E-state index < -0.39 is 0 Å². The number of nitrogens with one attached hydrogen (secondary N) is 1. The SMILES string of the molecule is C=C1NCCCc2cc(C(=C)c3ccc(C4CCC4)nc3C)ccc21. The lowest BCUT2D eigenvalue weighted by Crippen LogP contribution is -2.11. The van der Waals surface area contributed by atoms with Gasteiger partial charge in [0.2, 0.25) is 0 Å². The summed E-state index contributed by atoms with van der Waals surface area (Å²) in [5.74, 6) is 0.673. The first-order valence-corrected chi connectivity index (χ1v) is 9.37. The number of aryl methyl sites for hydroxylation is 2. The maximum Gasteiger partial charge on any atom is 0.0454 e. The third-order valence-corrected chi connectivity index (χ3v) is 5.70. The minimum atomic E-state index is 0.673. The molecule has 0 spiro atoms. The number of pyridine rings is 1. The van der Waals surface area contributed by atoms with Crippen LogP contribution in [0.2, 0.25) is 0 Å². The second kappa shape index (κ2) is 6.51. The zero-order valence-electron chi connectivity index (χ0n) is 15.1. The molecule has 1 aliphatic heterocycles. The van der Waals surface area contributed by atoms with Crippen molar-refractivity contribution in [2.45, 2.75) is 44.9 Å². The van der Waals surface area contributed by atoms with E-state index in [9.17, 15) is 0 Å². The van der Waals surface area contributed by atoms with E-state index in [1.807, 2.05) is 0 Å². The van der Waals surface area contributed by atoms with E-state index in [1.165, 1.54) is 41.6 Å². The summed E-state index contributed by atoms with van der Waals surface area (Å²) >= 11 is 0. The van der Waals surface area contributed by atoms with Gasteiger partial charge in [0.1, 0.15) is 0 Å². The Morgan fingerprint density at radius 3 is 2.72 bits per heavy atom. The summed E-state index contributed by atoms with van der Waals surface area (Å²) in [4.78, 5) is 4.87. The average molecular weight is 330 g/mol. The molecule has 1 aliphatic carbocycles. The molecule has 2 heterocycles. The van der Waals surface area contributed by atoms with Gasteiger partial charge in [-0.1, -0.05) is 43.8 Å². The normalized spacial score (nSPS) is 17.2. The number of nitrogens with zero attached hydrogens (tertiary/aromatic N) is 1. The molecule has 2 nitrogen and oxygen atoms in total. The lowest BCUT2D eigenvalue weighted by atomic mass is 9.82. The van der Waals surface area contributed by atoms with Gasteiger partial charge in [-0.05, 0) is 55.4 Å². The van der Waals surface area contributed by atoms with Gasteiger partial charge < -0.3 is 5.32 Å². The standard InChI is InChI=1S/C23H26N2/c1-15(21-11-12-23(25-17(21)3)18-6-4-7-18)19-9-10-22-16(2)24-13-5-8-20(22)14-19/h9-12,14,18,24H,1-2,4-8,13H2,3H3. The van der Waals surface area contributed by atoms with E-state index in [1.54, 1.807) is 0 Å². The second-order valence-corrected chi connectivity index (χ2v) is 7.36. The molecule has 2 heteroatoms. The monoisotopic (exact) mass is 330 g/mol. The maximum atomic E-state index is 4.87. The first kappa shape index (κ1) is 16.1. The number of hydrogen-bond acceptors (Lipinski definition) is 2. The molecule has 0 bridgehead atoms. The van der Waals surface area contributed by atoms with E-state index in [0.717, 1.165) is 41.9 Å². The van der Waals surface area contributed by atoms with Crippen molar-refractivity contribution >= 4 is 11.3 Å². The van der Waals surface area contributed by atoms with Crippen LogP contribution in [0, 0.1) is 6.92 Å². The quantitative estimate of drug-likeness (QED) is 0.834. The molecule has 4 rings (SSSR count). The fourth-order valence-electron chi connectivity index (χ4n) is 3.88. The number of fused-ring (bicyclic) bond motifs is 1. The molecule has 1 aromatic carbocycles. The van der Waals surface area contributed by atoms with Crippen LogP contribution in [-0.2, 0) is 6.42 Å². The van der Waals surface area contributed by atoms with Crippen molar-refractivity contribution in [1.29, 1.82) is 0 Å². The van der Waals surface area contributed by atoms with Crippen molar-refractivity contribution in [2.75, 3.05) is 6.54 Å². The number of rotatable bonds is 3. The van der Waals surface area contributed by atoms with Crippen molar-refractivity contribution < 1.29 is 0 Å². The predicted molar refractivity (Wildman–Crippen MR) is 106 cm³/mol. The third kappa shape index (κ3) is 3.02. The molecule has 1 saturated carbocycles. The van der Waals surface area contributed by atoms with Crippen LogP contribution in [0.15, 0.2) is 43.5 Å². The van der Waals surface area contributed by atoms with Gasteiger partial charge in [-0.2, -0.15) is 0 Å². The molecule has 0 saturated heterocycles. The Morgan fingerprint density at radius 2 is 2.00 bits per heavy atom. The highest BCUT2D eigenvalue weighted by atomic mass is 14.9. The van der Waals surface area contributed by atoms with Crippen LogP contribution in [0.4, 0.5) is 0 Å². The summed E-state index contributed by atoms with van der Waals surface area (Å²) in [5, 5.41) is 3.39. The molecule has 1 aromatic heterocycles. The van der Waals surface area contributed by atoms with Crippen LogP contribution in [0.5, 0.6) is 0 Å². The second-order valence-electron chi connectivity index (χ2n) is 7.36. The topological polar surface area (TPSA) is 24.9 Å². The zero-order chi connectivity index (χ0) is 17.4. The first-order valence-electron chi connectivity index (χ1n) is 9.37. The molecule has 128 valence electrons. The summed E-state index contributed by atoms with van der Waals surface area (Å²) in [5.41, 5.74) is 9.40. The largest absolute Gasteiger partial charge is 0.385 e. The number of benzene rings is 1. The van der Waals surface area contributed by atoms with Crippen LogP contribution in [0.25, 0.3) is 11.3 Å². The van der Waals surface area contributed by atoms with E-state index in [0.29, 0.717) is 5.92 Å². The predicted octanol–water partition coefficient (Wildman–Crippen LogP) is 5.23. The van der Waals surface area contributed by atoms with E-state index in [-0.39, 0.29) is 0 Å². The summed E-state index contributed by atoms with van der Waals surface area (Å²) in [6.45, 7) is 11.6. The van der Waals surface area contributed by atoms with Crippen LogP contribution < -0.4 is 5.32 Å². The first-order chi connectivity index (χ1) is 12.1. The van der Waals surface area contributed by atoms with E-state index in [4.69, 9.17) is 4.98 Å². The number of aromatic nitrogens is 1. The molecule has 1 fully saturated rings. The van der Waals surface area contributed by atoms with Crippen molar-refractivity contribution in [1.82, 2.24) is 10.3 Å². The maximum absolute atomic E-state index is 4.87. The van der Waals surface area contributed by atoms with E-state index in [2.05, 4.69) is 55.7 Å². The molecule has 0 atom stereocenters. The Hall–Kier alpha value is -2.35. The zero-order valence-corrected chi connectivity index (χ0v) is 15.1. The fourth-order valence-corrected chi connectivity index (χ4v) is 3.88. The molecule has 25 heavy (non-hydrogen) atoms. The Labute approximate surface area is 150 Å². The van der Waals surface area contributed by atoms with Gasteiger partial charge in [-0.15, -0.1) is 0 Å². The summed E-state index contributed by atoms with van der Waals surface area (Å²) in [6, 6.07) is 11.0. The molecule has 0 amide bonds. The highest BCUT2D eigenvalue weighted by Gasteiger charge is 2.21. The van der Waals surface area contributed by atoms with Gasteiger partial charge in [0, 0.05) is 40.7 Å². The molecular weight excluding hydrogens is 304 g/mol. The van der Waals surface area contributed by atoms with Crippen molar-refractivity contribution in [3.05, 3.63) is 77.1 Å². The van der Waals surface area contributed by atoms with E-state index >= 15 is 0 Å². The number of hydrogen-bond donors (Lipinski definition) is 1. The summed E-state index contributed by atoms with van der Waals surface area (Å²) < 4.78 is 0. The highest BCUT2D eigenvalue weighted by molar-refractivity contribution is 5.81. The van der Waals surface area contributed by atoms with Gasteiger partial charge in [0.15, 0.2) is 0 Å². The molecule has 2 aromatic rings. The Bertz CT molecular complexity index is 843. The van der Waals surface area contributed by atoms with Crippen LogP contribution in [-0.4, -0.2) is 11.5 Å². The minimum Gasteiger partial charge on any atom is -0.385 e. The minimum absolute atomic E-state index is 0.673. The van der Waals surface area contributed by atoms with Crippen molar-refractivity contribution in [2.24, 2.45) is 0 Å². The van der Waals surface area contributed by atoms with Gasteiger partial charge in [0.05, 0.1) is 0 Å². The third-order valence-electron chi connectivity index (χ3n) is 5.70. The lowest BCUT2D eigenvalue weighted by molar-refractivity contribution is 0.410. The van der Waals surface area contributed by atoms with Crippen molar-refractivity contribution in [3.8, 4) is 0 Å². The molecular formula is C23H26N2. The Morgan fingerprint density at radius 1 is 1.16 bits per heavy atom. The van der Waals surface area contributed by atoms with Crippen LogP contribution in [0.3, 0.4) is 0 Å². The average Bonchev–Trinajstić information content (AvgIpc) is 2.74. The fraction of sp³-hybridized carbons (Fsp3) is 0.348. The van der Waals surface area contributed by atoms with Gasteiger partial charge in [-0.25, -0.2) is 0 Å². The highest BCUT2D eigenvalue weighted by Crippen LogP contribution is 2.36. The summed E-state index contributed by atoms with van der Waals surface area (Å²) in [7, 11) is 0. The molecule has 1 N–H and O–H groups in total. The van der Waals surface area contributed by atoms with Gasteiger partial charge in [0.25, 0.3) is 0 Å². The molecule has 0 radical (unpaired) electrons. The Balaban J connectivity index is 1.64. The van der Waals surface area contributed by atoms with Crippen LogP contribution >= 0.6 is 0 Å². The van der Waals surface area contributed by atoms with Crippen molar-refractivity contribution in [3.63, 3.8) is 0 Å². The molecule has 0 unspecified atom stereocenters. The molecule has 2 aliphatic rings. The smallest absolute Gasteiger partial charge is 0.0454 e. The lowest BCUT2D eigenvalue weighted by Gasteiger charge is -2.25. The summed E-state index contributed by atoms with van der Waals surface area (Å²) in [6.07, 6.45) is 6.14.